The van der Waals surface area contributed by atoms with Crippen molar-refractivity contribution >= 4 is 5.97 Å². The van der Waals surface area contributed by atoms with E-state index in [0.717, 1.165) is 12.0 Å². The molecule has 8 atom stereocenters. The fourth-order valence-corrected chi connectivity index (χ4v) is 3.63. The van der Waals surface area contributed by atoms with Crippen LogP contribution in [0.3, 0.4) is 0 Å². The van der Waals surface area contributed by atoms with Gasteiger partial charge in [-0.1, -0.05) is 5.57 Å². The van der Waals surface area contributed by atoms with Crippen molar-refractivity contribution in [3.8, 4) is 0 Å². The first-order chi connectivity index (χ1) is 10.9. The number of alkyl halides is 1. The molecular formula is C16H23FO6. The summed E-state index contributed by atoms with van der Waals surface area (Å²) in [5.41, 5.74) is 1.01. The van der Waals surface area contributed by atoms with Gasteiger partial charge in [-0.2, -0.15) is 0 Å². The number of carbonyl (C=O) groups excluding carboxylic acids is 1. The van der Waals surface area contributed by atoms with Crippen molar-refractivity contribution in [2.75, 3.05) is 0 Å². The summed E-state index contributed by atoms with van der Waals surface area (Å²) in [6.45, 7) is 3.46. The summed E-state index contributed by atoms with van der Waals surface area (Å²) in [7, 11) is 0. The van der Waals surface area contributed by atoms with Gasteiger partial charge in [0.15, 0.2) is 12.5 Å². The number of esters is 1. The number of carbonyl (C=O) groups is 1. The van der Waals surface area contributed by atoms with Crippen LogP contribution in [0.4, 0.5) is 4.39 Å². The third kappa shape index (κ3) is 3.28. The van der Waals surface area contributed by atoms with Crippen molar-refractivity contribution in [2.45, 2.75) is 76.1 Å². The quantitative estimate of drug-likeness (QED) is 0.730. The number of rotatable bonds is 2. The SMILES string of the molecule is CC1=CC(=O)OC2CC(O[C@@H]3O[C@@H](C)[C@@H](O)[C@@H](F)[C@@H]3O)CCC12. The molecule has 6 nitrogen and oxygen atoms in total. The molecule has 1 aliphatic carbocycles. The number of hydrogen-bond acceptors (Lipinski definition) is 6. The molecule has 130 valence electrons. The third-order valence-corrected chi connectivity index (χ3v) is 5.03. The number of aliphatic hydroxyl groups is 2. The lowest BCUT2D eigenvalue weighted by Gasteiger charge is -2.42. The molecule has 0 bridgehead atoms. The molecule has 3 rings (SSSR count). The summed E-state index contributed by atoms with van der Waals surface area (Å²) in [5.74, 6) is -0.154. The first-order valence-corrected chi connectivity index (χ1v) is 8.06. The van der Waals surface area contributed by atoms with Gasteiger partial charge in [-0.15, -0.1) is 0 Å². The normalized spacial score (nSPS) is 47.5. The van der Waals surface area contributed by atoms with Crippen molar-refractivity contribution in [2.24, 2.45) is 5.92 Å². The standard InChI is InChI=1S/C16H23FO6/c1-7-5-12(18)23-11-6-9(3-4-10(7)11)22-16-15(20)13(17)14(19)8(2)21-16/h5,8-11,13-16,19-20H,3-4,6H2,1-2H3/t8-,9?,10?,11?,13+,14+,15-,16-/m0/s1. The maximum atomic E-state index is 13.9. The maximum Gasteiger partial charge on any atom is 0.330 e. The predicted molar refractivity (Wildman–Crippen MR) is 77.1 cm³/mol. The number of halogens is 1. The van der Waals surface area contributed by atoms with Crippen LogP contribution >= 0.6 is 0 Å². The van der Waals surface area contributed by atoms with Crippen LogP contribution in [-0.2, 0) is 19.0 Å². The lowest BCUT2D eigenvalue weighted by molar-refractivity contribution is -0.298. The van der Waals surface area contributed by atoms with Crippen LogP contribution in [0, 0.1) is 5.92 Å². The summed E-state index contributed by atoms with van der Waals surface area (Å²) in [6.07, 6.45) is -3.61. The second-order valence-corrected chi connectivity index (χ2v) is 6.68. The van der Waals surface area contributed by atoms with Crippen LogP contribution < -0.4 is 0 Å². The molecule has 0 aromatic heterocycles. The Morgan fingerprint density at radius 1 is 1.30 bits per heavy atom. The largest absolute Gasteiger partial charge is 0.458 e. The molecule has 2 fully saturated rings. The zero-order chi connectivity index (χ0) is 16.7. The van der Waals surface area contributed by atoms with Gasteiger partial charge in [-0.3, -0.25) is 0 Å². The number of aliphatic hydroxyl groups excluding tert-OH is 2. The zero-order valence-corrected chi connectivity index (χ0v) is 13.2. The van der Waals surface area contributed by atoms with Crippen molar-refractivity contribution in [1.82, 2.24) is 0 Å². The Kier molecular flexibility index (Phi) is 4.73. The molecule has 2 N–H and O–H groups in total. The van der Waals surface area contributed by atoms with E-state index in [0.29, 0.717) is 12.8 Å². The Morgan fingerprint density at radius 2 is 2.04 bits per heavy atom. The maximum absolute atomic E-state index is 13.9. The van der Waals surface area contributed by atoms with Crippen LogP contribution in [0.2, 0.25) is 0 Å². The minimum absolute atomic E-state index is 0.194. The van der Waals surface area contributed by atoms with E-state index in [9.17, 15) is 19.4 Å². The summed E-state index contributed by atoms with van der Waals surface area (Å²) >= 11 is 0. The highest BCUT2D eigenvalue weighted by atomic mass is 19.1. The molecule has 0 spiro atoms. The van der Waals surface area contributed by atoms with E-state index in [4.69, 9.17) is 14.2 Å². The van der Waals surface area contributed by atoms with E-state index in [1.807, 2.05) is 6.92 Å². The molecule has 2 aliphatic heterocycles. The van der Waals surface area contributed by atoms with Crippen LogP contribution in [0.5, 0.6) is 0 Å². The van der Waals surface area contributed by atoms with Crippen molar-refractivity contribution < 1.29 is 33.6 Å². The summed E-state index contributed by atoms with van der Waals surface area (Å²) in [5, 5.41) is 19.5. The zero-order valence-electron chi connectivity index (χ0n) is 13.2. The molecular weight excluding hydrogens is 307 g/mol. The van der Waals surface area contributed by atoms with E-state index in [1.165, 1.54) is 13.0 Å². The molecule has 3 unspecified atom stereocenters. The van der Waals surface area contributed by atoms with Crippen molar-refractivity contribution in [3.63, 3.8) is 0 Å². The van der Waals surface area contributed by atoms with E-state index in [-0.39, 0.29) is 24.1 Å². The molecule has 0 aromatic rings. The molecule has 2 heterocycles. The Morgan fingerprint density at radius 3 is 2.78 bits per heavy atom. The number of ether oxygens (including phenoxy) is 3. The summed E-state index contributed by atoms with van der Waals surface area (Å²) in [6, 6.07) is 0. The van der Waals surface area contributed by atoms with E-state index < -0.39 is 30.8 Å². The lowest BCUT2D eigenvalue weighted by Crippen LogP contribution is -2.56. The Labute approximate surface area is 134 Å². The fourth-order valence-electron chi connectivity index (χ4n) is 3.63. The van der Waals surface area contributed by atoms with Crippen molar-refractivity contribution in [3.05, 3.63) is 11.6 Å². The minimum atomic E-state index is -1.81. The van der Waals surface area contributed by atoms with Gasteiger partial charge >= 0.3 is 5.97 Å². The van der Waals surface area contributed by atoms with Gasteiger partial charge in [-0.05, 0) is 26.7 Å². The highest BCUT2D eigenvalue weighted by molar-refractivity contribution is 5.84. The predicted octanol–water partition coefficient (Wildman–Crippen LogP) is 0.848. The molecule has 0 radical (unpaired) electrons. The summed E-state index contributed by atoms with van der Waals surface area (Å²) in [4.78, 5) is 11.5. The first-order valence-electron chi connectivity index (χ1n) is 8.06. The smallest absolute Gasteiger partial charge is 0.330 e. The van der Waals surface area contributed by atoms with Gasteiger partial charge in [0.05, 0.1) is 12.2 Å². The molecule has 3 aliphatic rings. The van der Waals surface area contributed by atoms with Crippen LogP contribution in [0.15, 0.2) is 11.6 Å². The molecule has 1 saturated heterocycles. The Bertz CT molecular complexity index is 495. The van der Waals surface area contributed by atoms with E-state index in [1.54, 1.807) is 0 Å². The number of hydrogen-bond donors (Lipinski definition) is 2. The molecule has 1 saturated carbocycles. The highest BCUT2D eigenvalue weighted by Gasteiger charge is 2.46. The average molecular weight is 330 g/mol. The molecule has 7 heteroatoms. The Balaban J connectivity index is 1.61. The second-order valence-electron chi connectivity index (χ2n) is 6.68. The highest BCUT2D eigenvalue weighted by Crippen LogP contribution is 2.37. The van der Waals surface area contributed by atoms with E-state index >= 15 is 0 Å². The number of fused-ring (bicyclic) bond motifs is 1. The molecule has 23 heavy (non-hydrogen) atoms. The lowest BCUT2D eigenvalue weighted by atomic mass is 9.79. The van der Waals surface area contributed by atoms with E-state index in [2.05, 4.69) is 0 Å². The van der Waals surface area contributed by atoms with Gasteiger partial charge in [0.1, 0.15) is 18.3 Å². The van der Waals surface area contributed by atoms with Crippen molar-refractivity contribution in [1.29, 1.82) is 0 Å². The van der Waals surface area contributed by atoms with Crippen LogP contribution in [-0.4, -0.2) is 59.2 Å². The van der Waals surface area contributed by atoms with Gasteiger partial charge in [0, 0.05) is 18.4 Å². The fraction of sp³-hybridized carbons (Fsp3) is 0.812. The van der Waals surface area contributed by atoms with Gasteiger partial charge in [-0.25, -0.2) is 9.18 Å². The van der Waals surface area contributed by atoms with Gasteiger partial charge in [0.25, 0.3) is 0 Å². The summed E-state index contributed by atoms with van der Waals surface area (Å²) < 4.78 is 30.3. The van der Waals surface area contributed by atoms with Crippen LogP contribution in [0.25, 0.3) is 0 Å². The third-order valence-electron chi connectivity index (χ3n) is 5.03. The van der Waals surface area contributed by atoms with Crippen LogP contribution in [0.1, 0.15) is 33.1 Å². The second kappa shape index (κ2) is 6.47. The van der Waals surface area contributed by atoms with Gasteiger partial charge < -0.3 is 24.4 Å². The first kappa shape index (κ1) is 16.8. The minimum Gasteiger partial charge on any atom is -0.458 e. The molecule has 0 amide bonds. The monoisotopic (exact) mass is 330 g/mol. The van der Waals surface area contributed by atoms with Gasteiger partial charge in [0.2, 0.25) is 0 Å². The topological polar surface area (TPSA) is 85.2 Å². The molecule has 0 aromatic carbocycles. The Hall–Kier alpha value is -1.02. The average Bonchev–Trinajstić information content (AvgIpc) is 2.50.